The molecule has 0 spiro atoms. The summed E-state index contributed by atoms with van der Waals surface area (Å²) in [7, 11) is 0. The van der Waals surface area contributed by atoms with Crippen molar-refractivity contribution in [1.82, 2.24) is 20.1 Å². The summed E-state index contributed by atoms with van der Waals surface area (Å²) in [5, 5.41) is 12.8. The maximum atomic E-state index is 12.0. The van der Waals surface area contributed by atoms with Gasteiger partial charge in [0.1, 0.15) is 0 Å². The highest BCUT2D eigenvalue weighted by Gasteiger charge is 2.16. The molecule has 1 N–H and O–H groups in total. The van der Waals surface area contributed by atoms with E-state index in [1.807, 2.05) is 18.2 Å². The van der Waals surface area contributed by atoms with Gasteiger partial charge in [-0.3, -0.25) is 9.36 Å². The van der Waals surface area contributed by atoms with E-state index in [2.05, 4.69) is 77.3 Å². The molecule has 0 radical (unpaired) electrons. The molecular formula is C24H30N4OS. The van der Waals surface area contributed by atoms with E-state index >= 15 is 0 Å². The lowest BCUT2D eigenvalue weighted by atomic mass is 10.1. The van der Waals surface area contributed by atoms with Crippen LogP contribution in [0.25, 0.3) is 17.1 Å². The minimum Gasteiger partial charge on any atom is -0.356 e. The Kier molecular flexibility index (Phi) is 8.08. The van der Waals surface area contributed by atoms with E-state index in [1.165, 1.54) is 5.56 Å². The second-order valence-electron chi connectivity index (χ2n) is 7.83. The zero-order valence-corrected chi connectivity index (χ0v) is 18.8. The van der Waals surface area contributed by atoms with Crippen molar-refractivity contribution in [3.63, 3.8) is 0 Å². The number of carbonyl (C=O) groups excluding carboxylic acids is 1. The molecule has 158 valence electrons. The maximum Gasteiger partial charge on any atom is 0.220 e. The third-order valence-corrected chi connectivity index (χ3v) is 5.80. The van der Waals surface area contributed by atoms with Crippen molar-refractivity contribution in [1.29, 1.82) is 0 Å². The van der Waals surface area contributed by atoms with Crippen molar-refractivity contribution in [3.05, 3.63) is 60.2 Å². The van der Waals surface area contributed by atoms with Crippen LogP contribution in [0.1, 0.15) is 38.7 Å². The average Bonchev–Trinajstić information content (AvgIpc) is 3.16. The Balaban J connectivity index is 1.66. The summed E-state index contributed by atoms with van der Waals surface area (Å²) in [6.45, 7) is 7.16. The number of para-hydroxylation sites is 1. The van der Waals surface area contributed by atoms with Crippen LogP contribution in [0.15, 0.2) is 59.8 Å². The van der Waals surface area contributed by atoms with Gasteiger partial charge in [0.2, 0.25) is 5.91 Å². The molecule has 0 saturated carbocycles. The first-order chi connectivity index (χ1) is 14.5. The molecule has 1 aromatic heterocycles. The predicted molar refractivity (Wildman–Crippen MR) is 124 cm³/mol. The third-order valence-electron chi connectivity index (χ3n) is 4.78. The highest BCUT2D eigenvalue weighted by Crippen LogP contribution is 2.28. The smallest absolute Gasteiger partial charge is 0.220 e. The lowest BCUT2D eigenvalue weighted by molar-refractivity contribution is -0.121. The van der Waals surface area contributed by atoms with Crippen LogP contribution in [0.5, 0.6) is 0 Å². The topological polar surface area (TPSA) is 59.8 Å². The Labute approximate surface area is 183 Å². The summed E-state index contributed by atoms with van der Waals surface area (Å²) in [5.41, 5.74) is 3.28. The summed E-state index contributed by atoms with van der Waals surface area (Å²) in [6, 6.07) is 18.5. The molecule has 0 atom stereocenters. The van der Waals surface area contributed by atoms with Crippen molar-refractivity contribution < 1.29 is 4.79 Å². The standard InChI is InChI=1S/C24H30N4OS/c1-18(2)15-16-25-22(29)10-7-17-30-24-27-26-23(20-13-11-19(3)12-14-20)28(24)21-8-5-4-6-9-21/h4-6,8-9,11-14,18H,7,10,15-17H2,1-3H3,(H,25,29). The van der Waals surface area contributed by atoms with Crippen LogP contribution in [0.4, 0.5) is 0 Å². The van der Waals surface area contributed by atoms with Crippen molar-refractivity contribution in [2.45, 2.75) is 45.2 Å². The Morgan fingerprint density at radius 2 is 1.80 bits per heavy atom. The summed E-state index contributed by atoms with van der Waals surface area (Å²) >= 11 is 1.64. The van der Waals surface area contributed by atoms with Gasteiger partial charge in [0.15, 0.2) is 11.0 Å². The summed E-state index contributed by atoms with van der Waals surface area (Å²) in [4.78, 5) is 12.0. The Morgan fingerprint density at radius 3 is 2.50 bits per heavy atom. The fourth-order valence-electron chi connectivity index (χ4n) is 3.05. The largest absolute Gasteiger partial charge is 0.356 e. The van der Waals surface area contributed by atoms with Crippen LogP contribution in [0.3, 0.4) is 0 Å². The molecule has 0 bridgehead atoms. The number of hydrogen-bond acceptors (Lipinski definition) is 4. The van der Waals surface area contributed by atoms with Gasteiger partial charge in [-0.05, 0) is 37.8 Å². The molecule has 5 nitrogen and oxygen atoms in total. The first kappa shape index (κ1) is 22.1. The number of thioether (sulfide) groups is 1. The number of hydrogen-bond donors (Lipinski definition) is 1. The molecule has 6 heteroatoms. The van der Waals surface area contributed by atoms with Crippen LogP contribution in [0, 0.1) is 12.8 Å². The number of aryl methyl sites for hydroxylation is 1. The summed E-state index contributed by atoms with van der Waals surface area (Å²) < 4.78 is 2.10. The molecular weight excluding hydrogens is 392 g/mol. The SMILES string of the molecule is Cc1ccc(-c2nnc(SCCCC(=O)NCCC(C)C)n2-c2ccccc2)cc1. The molecule has 0 unspecified atom stereocenters. The molecule has 0 saturated heterocycles. The molecule has 1 amide bonds. The summed E-state index contributed by atoms with van der Waals surface area (Å²) in [5.74, 6) is 2.38. The van der Waals surface area contributed by atoms with Gasteiger partial charge in [-0.25, -0.2) is 0 Å². The fourth-order valence-corrected chi connectivity index (χ4v) is 3.94. The number of nitrogens with one attached hydrogen (secondary N) is 1. The van der Waals surface area contributed by atoms with E-state index in [1.54, 1.807) is 11.8 Å². The van der Waals surface area contributed by atoms with Crippen LogP contribution < -0.4 is 5.32 Å². The Morgan fingerprint density at radius 1 is 1.07 bits per heavy atom. The number of rotatable bonds is 10. The van der Waals surface area contributed by atoms with E-state index in [0.717, 1.165) is 47.4 Å². The van der Waals surface area contributed by atoms with Crippen molar-refractivity contribution >= 4 is 17.7 Å². The highest BCUT2D eigenvalue weighted by molar-refractivity contribution is 7.99. The van der Waals surface area contributed by atoms with Gasteiger partial charge in [0.25, 0.3) is 0 Å². The number of nitrogens with zero attached hydrogens (tertiary/aromatic N) is 3. The monoisotopic (exact) mass is 422 g/mol. The molecule has 0 fully saturated rings. The molecule has 0 aliphatic heterocycles. The molecule has 1 heterocycles. The number of carbonyl (C=O) groups is 1. The van der Waals surface area contributed by atoms with Crippen molar-refractivity contribution in [2.75, 3.05) is 12.3 Å². The Hall–Kier alpha value is -2.60. The molecule has 0 aliphatic carbocycles. The minimum absolute atomic E-state index is 0.126. The zero-order valence-electron chi connectivity index (χ0n) is 18.0. The molecule has 30 heavy (non-hydrogen) atoms. The molecule has 0 aliphatic rings. The van der Waals surface area contributed by atoms with E-state index < -0.39 is 0 Å². The normalized spacial score (nSPS) is 11.1. The van der Waals surface area contributed by atoms with Gasteiger partial charge in [0, 0.05) is 30.0 Å². The van der Waals surface area contributed by atoms with Gasteiger partial charge in [0.05, 0.1) is 0 Å². The first-order valence-electron chi connectivity index (χ1n) is 10.5. The molecule has 3 rings (SSSR count). The van der Waals surface area contributed by atoms with E-state index in [4.69, 9.17) is 0 Å². The van der Waals surface area contributed by atoms with E-state index in [0.29, 0.717) is 12.3 Å². The number of amides is 1. The quantitative estimate of drug-likeness (QED) is 0.357. The number of benzene rings is 2. The third kappa shape index (κ3) is 6.20. The second-order valence-corrected chi connectivity index (χ2v) is 8.89. The lowest BCUT2D eigenvalue weighted by Gasteiger charge is -2.10. The van der Waals surface area contributed by atoms with Gasteiger partial charge >= 0.3 is 0 Å². The molecule has 2 aromatic carbocycles. The van der Waals surface area contributed by atoms with E-state index in [-0.39, 0.29) is 5.91 Å². The van der Waals surface area contributed by atoms with Crippen LogP contribution in [-0.2, 0) is 4.79 Å². The Bertz CT molecular complexity index is 936. The molecule has 3 aromatic rings. The minimum atomic E-state index is 0.126. The average molecular weight is 423 g/mol. The van der Waals surface area contributed by atoms with Crippen molar-refractivity contribution in [2.24, 2.45) is 5.92 Å². The van der Waals surface area contributed by atoms with Crippen LogP contribution in [-0.4, -0.2) is 33.0 Å². The first-order valence-corrected chi connectivity index (χ1v) is 11.5. The van der Waals surface area contributed by atoms with Crippen LogP contribution >= 0.6 is 11.8 Å². The van der Waals surface area contributed by atoms with Gasteiger partial charge < -0.3 is 5.32 Å². The van der Waals surface area contributed by atoms with Gasteiger partial charge in [-0.15, -0.1) is 10.2 Å². The number of aromatic nitrogens is 3. The summed E-state index contributed by atoms with van der Waals surface area (Å²) in [6.07, 6.45) is 2.36. The van der Waals surface area contributed by atoms with Gasteiger partial charge in [-0.2, -0.15) is 0 Å². The zero-order chi connectivity index (χ0) is 21.3. The van der Waals surface area contributed by atoms with Crippen molar-refractivity contribution in [3.8, 4) is 17.1 Å². The lowest BCUT2D eigenvalue weighted by Crippen LogP contribution is -2.25. The van der Waals surface area contributed by atoms with Gasteiger partial charge in [-0.1, -0.05) is 73.6 Å². The fraction of sp³-hybridized carbons (Fsp3) is 0.375. The second kappa shape index (κ2) is 11.0. The maximum absolute atomic E-state index is 12.0. The predicted octanol–water partition coefficient (Wildman–Crippen LogP) is 5.28. The van der Waals surface area contributed by atoms with E-state index in [9.17, 15) is 4.79 Å². The van der Waals surface area contributed by atoms with Crippen LogP contribution in [0.2, 0.25) is 0 Å². The highest BCUT2D eigenvalue weighted by atomic mass is 32.2.